The SMILES string of the molecule is Cn1nnc2cc(C(=O)N[C@@H]3CC[C@@H](N)C3)cnc21. The Kier molecular flexibility index (Phi) is 2.90. The molecule has 0 radical (unpaired) electrons. The van der Waals surface area contributed by atoms with Crippen LogP contribution in [-0.4, -0.2) is 38.0 Å². The zero-order valence-corrected chi connectivity index (χ0v) is 10.7. The lowest BCUT2D eigenvalue weighted by atomic mass is 10.2. The van der Waals surface area contributed by atoms with Crippen molar-refractivity contribution in [3.63, 3.8) is 0 Å². The highest BCUT2D eigenvalue weighted by atomic mass is 16.1. The number of hydrogen-bond acceptors (Lipinski definition) is 5. The standard InChI is InChI=1S/C12H16N6O/c1-18-11-10(16-17-18)4-7(6-14-11)12(19)15-9-3-2-8(13)5-9/h4,6,8-9H,2-3,5,13H2,1H3,(H,15,19)/t8-,9-/m1/s1. The summed E-state index contributed by atoms with van der Waals surface area (Å²) in [5, 5.41) is 10.8. The van der Waals surface area contributed by atoms with Crippen LogP contribution in [0.3, 0.4) is 0 Å². The summed E-state index contributed by atoms with van der Waals surface area (Å²) in [4.78, 5) is 16.3. The maximum Gasteiger partial charge on any atom is 0.253 e. The Hall–Kier alpha value is -2.02. The Balaban J connectivity index is 1.77. The molecule has 2 aromatic rings. The fraction of sp³-hybridized carbons (Fsp3) is 0.500. The Morgan fingerprint density at radius 3 is 3.11 bits per heavy atom. The molecule has 7 nitrogen and oxygen atoms in total. The second kappa shape index (κ2) is 4.58. The molecule has 19 heavy (non-hydrogen) atoms. The van der Waals surface area contributed by atoms with Gasteiger partial charge in [0.1, 0.15) is 5.52 Å². The Labute approximate surface area is 110 Å². The van der Waals surface area contributed by atoms with E-state index in [4.69, 9.17) is 5.73 Å². The van der Waals surface area contributed by atoms with Crippen LogP contribution in [0.5, 0.6) is 0 Å². The molecule has 1 aliphatic carbocycles. The van der Waals surface area contributed by atoms with E-state index in [0.717, 1.165) is 19.3 Å². The van der Waals surface area contributed by atoms with Gasteiger partial charge in [0.15, 0.2) is 5.65 Å². The van der Waals surface area contributed by atoms with E-state index in [2.05, 4.69) is 20.6 Å². The summed E-state index contributed by atoms with van der Waals surface area (Å²) in [6, 6.07) is 2.07. The zero-order chi connectivity index (χ0) is 13.4. The Bertz CT molecular complexity index is 622. The van der Waals surface area contributed by atoms with Crippen LogP contribution in [0.4, 0.5) is 0 Å². The van der Waals surface area contributed by atoms with E-state index in [1.807, 2.05) is 0 Å². The number of nitrogens with one attached hydrogen (secondary N) is 1. The second-order valence-corrected chi connectivity index (χ2v) is 5.02. The van der Waals surface area contributed by atoms with Gasteiger partial charge in [0.2, 0.25) is 0 Å². The smallest absolute Gasteiger partial charge is 0.253 e. The molecule has 2 heterocycles. The summed E-state index contributed by atoms with van der Waals surface area (Å²) in [6.07, 6.45) is 4.29. The van der Waals surface area contributed by atoms with Crippen LogP contribution in [0.15, 0.2) is 12.3 Å². The zero-order valence-electron chi connectivity index (χ0n) is 10.7. The Morgan fingerprint density at radius 1 is 1.53 bits per heavy atom. The summed E-state index contributed by atoms with van der Waals surface area (Å²) >= 11 is 0. The van der Waals surface area contributed by atoms with Crippen LogP contribution < -0.4 is 11.1 Å². The largest absolute Gasteiger partial charge is 0.349 e. The number of nitrogens with two attached hydrogens (primary N) is 1. The van der Waals surface area contributed by atoms with Gasteiger partial charge in [-0.05, 0) is 25.3 Å². The van der Waals surface area contributed by atoms with Gasteiger partial charge >= 0.3 is 0 Å². The number of rotatable bonds is 2. The van der Waals surface area contributed by atoms with Crippen molar-refractivity contribution in [2.75, 3.05) is 0 Å². The lowest BCUT2D eigenvalue weighted by Gasteiger charge is -2.12. The molecule has 3 rings (SSSR count). The number of aryl methyl sites for hydroxylation is 1. The Morgan fingerprint density at radius 2 is 2.37 bits per heavy atom. The van der Waals surface area contributed by atoms with E-state index in [9.17, 15) is 4.79 Å². The molecule has 0 saturated heterocycles. The van der Waals surface area contributed by atoms with Crippen LogP contribution in [0, 0.1) is 0 Å². The number of fused-ring (bicyclic) bond motifs is 1. The molecule has 100 valence electrons. The van der Waals surface area contributed by atoms with Gasteiger partial charge in [-0.2, -0.15) is 0 Å². The predicted molar refractivity (Wildman–Crippen MR) is 69.4 cm³/mol. The number of pyridine rings is 1. The first kappa shape index (κ1) is 12.0. The van der Waals surface area contributed by atoms with Crippen molar-refractivity contribution in [3.05, 3.63) is 17.8 Å². The van der Waals surface area contributed by atoms with E-state index in [-0.39, 0.29) is 18.0 Å². The summed E-state index contributed by atoms with van der Waals surface area (Å²) in [5.41, 5.74) is 7.63. The first-order valence-corrected chi connectivity index (χ1v) is 6.35. The van der Waals surface area contributed by atoms with Gasteiger partial charge in [0.05, 0.1) is 5.56 Å². The van der Waals surface area contributed by atoms with Crippen LogP contribution >= 0.6 is 0 Å². The maximum atomic E-state index is 12.1. The van der Waals surface area contributed by atoms with Gasteiger partial charge in [-0.1, -0.05) is 5.21 Å². The molecule has 3 N–H and O–H groups in total. The van der Waals surface area contributed by atoms with E-state index in [0.29, 0.717) is 16.7 Å². The fourth-order valence-corrected chi connectivity index (χ4v) is 2.47. The molecular weight excluding hydrogens is 244 g/mol. The predicted octanol–water partition coefficient (Wildman–Crippen LogP) is -0.0271. The van der Waals surface area contributed by atoms with E-state index in [1.165, 1.54) is 0 Å². The second-order valence-electron chi connectivity index (χ2n) is 5.02. The molecule has 2 atom stereocenters. The van der Waals surface area contributed by atoms with Crippen molar-refractivity contribution in [3.8, 4) is 0 Å². The lowest BCUT2D eigenvalue weighted by molar-refractivity contribution is 0.0937. The molecule has 0 aromatic carbocycles. The quantitative estimate of drug-likeness (QED) is 0.790. The molecule has 0 bridgehead atoms. The molecule has 1 amide bonds. The number of carbonyl (C=O) groups excluding carboxylic acids is 1. The molecule has 0 spiro atoms. The van der Waals surface area contributed by atoms with Gasteiger partial charge in [-0.25, -0.2) is 9.67 Å². The van der Waals surface area contributed by atoms with Crippen LogP contribution in [0.1, 0.15) is 29.6 Å². The monoisotopic (exact) mass is 260 g/mol. The summed E-state index contributed by atoms with van der Waals surface area (Å²) in [7, 11) is 1.77. The molecule has 7 heteroatoms. The molecular formula is C12H16N6O. The molecule has 1 fully saturated rings. The van der Waals surface area contributed by atoms with E-state index >= 15 is 0 Å². The highest BCUT2D eigenvalue weighted by Gasteiger charge is 2.23. The van der Waals surface area contributed by atoms with Crippen LogP contribution in [0.25, 0.3) is 11.2 Å². The number of amides is 1. The van der Waals surface area contributed by atoms with Crippen molar-refractivity contribution in [1.29, 1.82) is 0 Å². The number of nitrogens with zero attached hydrogens (tertiary/aromatic N) is 4. The third kappa shape index (κ3) is 2.28. The molecule has 1 saturated carbocycles. The average molecular weight is 260 g/mol. The van der Waals surface area contributed by atoms with Crippen molar-refractivity contribution >= 4 is 17.1 Å². The maximum absolute atomic E-state index is 12.1. The van der Waals surface area contributed by atoms with E-state index < -0.39 is 0 Å². The first-order valence-electron chi connectivity index (χ1n) is 6.35. The average Bonchev–Trinajstić information content (AvgIpc) is 2.96. The van der Waals surface area contributed by atoms with Crippen molar-refractivity contribution in [2.45, 2.75) is 31.3 Å². The third-order valence-corrected chi connectivity index (χ3v) is 3.51. The number of carbonyl (C=O) groups is 1. The summed E-state index contributed by atoms with van der Waals surface area (Å²) < 4.78 is 1.58. The number of aromatic nitrogens is 4. The summed E-state index contributed by atoms with van der Waals surface area (Å²) in [6.45, 7) is 0. The van der Waals surface area contributed by atoms with Crippen LogP contribution in [0.2, 0.25) is 0 Å². The van der Waals surface area contributed by atoms with E-state index in [1.54, 1.807) is 24.0 Å². The van der Waals surface area contributed by atoms with Gasteiger partial charge in [-0.3, -0.25) is 4.79 Å². The molecule has 0 aliphatic heterocycles. The number of hydrogen-bond donors (Lipinski definition) is 2. The topological polar surface area (TPSA) is 98.7 Å². The lowest BCUT2D eigenvalue weighted by Crippen LogP contribution is -2.34. The molecule has 1 aliphatic rings. The van der Waals surface area contributed by atoms with Crippen LogP contribution in [-0.2, 0) is 7.05 Å². The van der Waals surface area contributed by atoms with Crippen molar-refractivity contribution in [2.24, 2.45) is 12.8 Å². The van der Waals surface area contributed by atoms with Crippen molar-refractivity contribution in [1.82, 2.24) is 25.3 Å². The molecule has 0 unspecified atom stereocenters. The normalized spacial score (nSPS) is 22.8. The van der Waals surface area contributed by atoms with Gasteiger partial charge in [0.25, 0.3) is 5.91 Å². The highest BCUT2D eigenvalue weighted by molar-refractivity contribution is 5.96. The third-order valence-electron chi connectivity index (χ3n) is 3.51. The molecule has 2 aromatic heterocycles. The van der Waals surface area contributed by atoms with Gasteiger partial charge < -0.3 is 11.1 Å². The highest BCUT2D eigenvalue weighted by Crippen LogP contribution is 2.18. The minimum absolute atomic E-state index is 0.126. The summed E-state index contributed by atoms with van der Waals surface area (Å²) in [5.74, 6) is -0.126. The van der Waals surface area contributed by atoms with Crippen molar-refractivity contribution < 1.29 is 4.79 Å². The van der Waals surface area contributed by atoms with Gasteiger partial charge in [0, 0.05) is 25.3 Å². The minimum Gasteiger partial charge on any atom is -0.349 e. The first-order chi connectivity index (χ1) is 9.13. The van der Waals surface area contributed by atoms with Gasteiger partial charge in [-0.15, -0.1) is 5.10 Å². The minimum atomic E-state index is -0.126. The fourth-order valence-electron chi connectivity index (χ4n) is 2.47.